The molecule has 1 atom stereocenters. The molecule has 0 aromatic heterocycles. The SMILES string of the molecule is CCN(CC)C(CNC(=O)CCNS(=O)(=O)c1ccc(Cl)cc1)c1cccc(OC)c1. The van der Waals surface area contributed by atoms with Crippen LogP contribution in [0.2, 0.25) is 5.02 Å². The van der Waals surface area contributed by atoms with Crippen molar-refractivity contribution in [2.45, 2.75) is 31.2 Å². The Morgan fingerprint density at radius 3 is 2.42 bits per heavy atom. The number of amides is 1. The average molecular weight is 468 g/mol. The van der Waals surface area contributed by atoms with Crippen LogP contribution in [0.4, 0.5) is 0 Å². The Kier molecular flexibility index (Phi) is 9.77. The third-order valence-corrected chi connectivity index (χ3v) is 6.72. The molecular weight excluding hydrogens is 438 g/mol. The fraction of sp³-hybridized carbons (Fsp3) is 0.409. The van der Waals surface area contributed by atoms with Crippen molar-refractivity contribution >= 4 is 27.5 Å². The van der Waals surface area contributed by atoms with E-state index in [0.717, 1.165) is 24.4 Å². The van der Waals surface area contributed by atoms with Gasteiger partial charge in [0, 0.05) is 24.5 Å². The van der Waals surface area contributed by atoms with Crippen molar-refractivity contribution in [2.75, 3.05) is 33.3 Å². The van der Waals surface area contributed by atoms with Gasteiger partial charge in [0.1, 0.15) is 5.75 Å². The zero-order chi connectivity index (χ0) is 22.9. The van der Waals surface area contributed by atoms with Gasteiger partial charge in [0.2, 0.25) is 15.9 Å². The van der Waals surface area contributed by atoms with E-state index in [0.29, 0.717) is 11.6 Å². The standard InChI is InChI=1S/C22H30ClN3O4S/c1-4-26(5-2)21(17-7-6-8-19(15-17)30-3)16-24-22(27)13-14-25-31(28,29)20-11-9-18(23)10-12-20/h6-12,15,21,25H,4-5,13-14,16H2,1-3H3,(H,24,27). The van der Waals surface area contributed by atoms with E-state index in [1.807, 2.05) is 24.3 Å². The average Bonchev–Trinajstić information content (AvgIpc) is 2.76. The molecule has 2 N–H and O–H groups in total. The number of likely N-dealkylation sites (N-methyl/N-ethyl adjacent to an activating group) is 1. The van der Waals surface area contributed by atoms with Gasteiger partial charge in [-0.05, 0) is 55.1 Å². The highest BCUT2D eigenvalue weighted by molar-refractivity contribution is 7.89. The van der Waals surface area contributed by atoms with Gasteiger partial charge in [0.05, 0.1) is 18.0 Å². The molecule has 0 saturated heterocycles. The summed E-state index contributed by atoms with van der Waals surface area (Å²) in [5.74, 6) is 0.538. The summed E-state index contributed by atoms with van der Waals surface area (Å²) in [6, 6.07) is 13.6. The topological polar surface area (TPSA) is 87.7 Å². The lowest BCUT2D eigenvalue weighted by Gasteiger charge is -2.30. The molecular formula is C22H30ClN3O4S. The van der Waals surface area contributed by atoms with Crippen molar-refractivity contribution in [3.05, 3.63) is 59.1 Å². The fourth-order valence-corrected chi connectivity index (χ4v) is 4.42. The van der Waals surface area contributed by atoms with Gasteiger partial charge in [-0.25, -0.2) is 13.1 Å². The predicted octanol–water partition coefficient (Wildman–Crippen LogP) is 3.22. The maximum absolute atomic E-state index is 12.4. The third kappa shape index (κ3) is 7.50. The van der Waals surface area contributed by atoms with Gasteiger partial charge in [0.25, 0.3) is 0 Å². The third-order valence-electron chi connectivity index (χ3n) is 4.99. The molecule has 0 aliphatic rings. The Morgan fingerprint density at radius 1 is 1.13 bits per heavy atom. The van der Waals surface area contributed by atoms with Crippen LogP contribution >= 0.6 is 11.6 Å². The van der Waals surface area contributed by atoms with Gasteiger partial charge in [-0.2, -0.15) is 0 Å². The minimum Gasteiger partial charge on any atom is -0.497 e. The van der Waals surface area contributed by atoms with Gasteiger partial charge in [-0.3, -0.25) is 9.69 Å². The monoisotopic (exact) mass is 467 g/mol. The number of nitrogens with zero attached hydrogens (tertiary/aromatic N) is 1. The van der Waals surface area contributed by atoms with Crippen molar-refractivity contribution in [3.8, 4) is 5.75 Å². The fourth-order valence-electron chi connectivity index (χ4n) is 3.27. The zero-order valence-electron chi connectivity index (χ0n) is 18.1. The van der Waals surface area contributed by atoms with Crippen LogP contribution in [0.5, 0.6) is 5.75 Å². The molecule has 0 heterocycles. The molecule has 1 amide bonds. The van der Waals surface area contributed by atoms with Crippen LogP contribution in [0, 0.1) is 0 Å². The van der Waals surface area contributed by atoms with Crippen LogP contribution in [-0.2, 0) is 14.8 Å². The van der Waals surface area contributed by atoms with Gasteiger partial charge in [-0.1, -0.05) is 37.6 Å². The molecule has 0 spiro atoms. The summed E-state index contributed by atoms with van der Waals surface area (Å²) in [5, 5.41) is 3.38. The van der Waals surface area contributed by atoms with Crippen molar-refractivity contribution in [3.63, 3.8) is 0 Å². The van der Waals surface area contributed by atoms with E-state index < -0.39 is 10.0 Å². The number of carbonyl (C=O) groups excluding carboxylic acids is 1. The number of carbonyl (C=O) groups is 1. The summed E-state index contributed by atoms with van der Waals surface area (Å²) >= 11 is 5.79. The molecule has 0 aliphatic carbocycles. The molecule has 1 unspecified atom stereocenters. The maximum atomic E-state index is 12.4. The Hall–Kier alpha value is -2.13. The molecule has 0 fully saturated rings. The normalized spacial score (nSPS) is 12.5. The smallest absolute Gasteiger partial charge is 0.240 e. The van der Waals surface area contributed by atoms with E-state index in [2.05, 4.69) is 28.8 Å². The minimum atomic E-state index is -3.69. The number of hydrogen-bond acceptors (Lipinski definition) is 5. The lowest BCUT2D eigenvalue weighted by molar-refractivity contribution is -0.121. The molecule has 170 valence electrons. The number of benzene rings is 2. The van der Waals surface area contributed by atoms with Crippen LogP contribution in [-0.4, -0.2) is 52.5 Å². The summed E-state index contributed by atoms with van der Waals surface area (Å²) in [5.41, 5.74) is 1.05. The highest BCUT2D eigenvalue weighted by atomic mass is 35.5. The molecule has 0 bridgehead atoms. The molecule has 0 saturated carbocycles. The van der Waals surface area contributed by atoms with Gasteiger partial charge < -0.3 is 10.1 Å². The molecule has 0 aliphatic heterocycles. The molecule has 2 aromatic carbocycles. The second kappa shape index (κ2) is 12.0. The first-order chi connectivity index (χ1) is 14.8. The second-order valence-electron chi connectivity index (χ2n) is 6.92. The predicted molar refractivity (Wildman–Crippen MR) is 123 cm³/mol. The Labute approximate surface area is 189 Å². The van der Waals surface area contributed by atoms with E-state index in [-0.39, 0.29) is 29.8 Å². The first kappa shape index (κ1) is 25.1. The Morgan fingerprint density at radius 2 is 1.81 bits per heavy atom. The lowest BCUT2D eigenvalue weighted by Crippen LogP contribution is -2.39. The summed E-state index contributed by atoms with van der Waals surface area (Å²) in [7, 11) is -2.06. The number of methoxy groups -OCH3 is 1. The molecule has 2 rings (SSSR count). The van der Waals surface area contributed by atoms with E-state index in [1.165, 1.54) is 24.3 Å². The van der Waals surface area contributed by atoms with Crippen LogP contribution in [0.15, 0.2) is 53.4 Å². The largest absolute Gasteiger partial charge is 0.497 e. The molecule has 7 nitrogen and oxygen atoms in total. The van der Waals surface area contributed by atoms with E-state index in [4.69, 9.17) is 16.3 Å². The number of hydrogen-bond donors (Lipinski definition) is 2. The number of rotatable bonds is 12. The number of halogens is 1. The van der Waals surface area contributed by atoms with Crippen LogP contribution < -0.4 is 14.8 Å². The summed E-state index contributed by atoms with van der Waals surface area (Å²) in [6.07, 6.45) is 0.0376. The minimum absolute atomic E-state index is 0.00584. The Balaban J connectivity index is 1.94. The molecule has 9 heteroatoms. The maximum Gasteiger partial charge on any atom is 0.240 e. The highest BCUT2D eigenvalue weighted by Crippen LogP contribution is 2.23. The van der Waals surface area contributed by atoms with Gasteiger partial charge in [0.15, 0.2) is 0 Å². The van der Waals surface area contributed by atoms with Crippen molar-refractivity contribution in [2.24, 2.45) is 0 Å². The van der Waals surface area contributed by atoms with E-state index in [9.17, 15) is 13.2 Å². The van der Waals surface area contributed by atoms with Gasteiger partial charge >= 0.3 is 0 Å². The molecule has 2 aromatic rings. The van der Waals surface area contributed by atoms with E-state index in [1.54, 1.807) is 7.11 Å². The number of ether oxygens (including phenoxy) is 1. The second-order valence-corrected chi connectivity index (χ2v) is 9.12. The van der Waals surface area contributed by atoms with Crippen LogP contribution in [0.3, 0.4) is 0 Å². The first-order valence-corrected chi connectivity index (χ1v) is 12.1. The van der Waals surface area contributed by atoms with Gasteiger partial charge in [-0.15, -0.1) is 0 Å². The van der Waals surface area contributed by atoms with Crippen LogP contribution in [0.25, 0.3) is 0 Å². The lowest BCUT2D eigenvalue weighted by atomic mass is 10.0. The summed E-state index contributed by atoms with van der Waals surface area (Å²) in [4.78, 5) is 14.7. The van der Waals surface area contributed by atoms with E-state index >= 15 is 0 Å². The van der Waals surface area contributed by atoms with Crippen molar-refractivity contribution in [1.82, 2.24) is 14.9 Å². The highest BCUT2D eigenvalue weighted by Gasteiger charge is 2.20. The van der Waals surface area contributed by atoms with Crippen molar-refractivity contribution < 1.29 is 17.9 Å². The zero-order valence-corrected chi connectivity index (χ0v) is 19.7. The quantitative estimate of drug-likeness (QED) is 0.500. The molecule has 0 radical (unpaired) electrons. The van der Waals surface area contributed by atoms with Crippen molar-refractivity contribution in [1.29, 1.82) is 0 Å². The summed E-state index contributed by atoms with van der Waals surface area (Å²) in [6.45, 7) is 6.22. The number of nitrogens with one attached hydrogen (secondary N) is 2. The Bertz CT molecular complexity index is 947. The summed E-state index contributed by atoms with van der Waals surface area (Å²) < 4.78 is 32.4. The number of sulfonamides is 1. The van der Waals surface area contributed by atoms with Crippen LogP contribution in [0.1, 0.15) is 31.9 Å². The molecule has 31 heavy (non-hydrogen) atoms. The first-order valence-electron chi connectivity index (χ1n) is 10.2.